The summed E-state index contributed by atoms with van der Waals surface area (Å²) in [6.07, 6.45) is 0.941. The van der Waals surface area contributed by atoms with Gasteiger partial charge in [-0.15, -0.1) is 0 Å². The first-order chi connectivity index (χ1) is 13.1. The predicted octanol–water partition coefficient (Wildman–Crippen LogP) is 6.33. The van der Waals surface area contributed by atoms with Gasteiger partial charge < -0.3 is 10.6 Å². The van der Waals surface area contributed by atoms with Gasteiger partial charge in [-0.25, -0.2) is 0 Å². The number of nitrogens with one attached hydrogen (secondary N) is 2. The van der Waals surface area contributed by atoms with Crippen molar-refractivity contribution in [1.82, 2.24) is 5.32 Å². The molecule has 2 aromatic carbocycles. The summed E-state index contributed by atoms with van der Waals surface area (Å²) in [5.41, 5.74) is 3.09. The lowest BCUT2D eigenvalue weighted by Crippen LogP contribution is -2.28. The van der Waals surface area contributed by atoms with Gasteiger partial charge in [-0.1, -0.05) is 89.7 Å². The summed E-state index contributed by atoms with van der Waals surface area (Å²) in [5, 5.41) is 15.0. The predicted molar refractivity (Wildman–Crippen MR) is 119 cm³/mol. The SMILES string of the molecule is C=C(Nc1ccccc1)c1ccccc1.CC.CCC(C#N)CNC(C)C. The summed E-state index contributed by atoms with van der Waals surface area (Å²) in [6.45, 7) is 15.0. The van der Waals surface area contributed by atoms with Crippen LogP contribution in [0.15, 0.2) is 67.2 Å². The summed E-state index contributed by atoms with van der Waals surface area (Å²) in [4.78, 5) is 0. The first kappa shape index (κ1) is 24.4. The van der Waals surface area contributed by atoms with Crippen LogP contribution in [0.3, 0.4) is 0 Å². The number of anilines is 1. The molecule has 0 spiro atoms. The summed E-state index contributed by atoms with van der Waals surface area (Å²) in [6, 6.07) is 22.9. The lowest BCUT2D eigenvalue weighted by atomic mass is 10.1. The molecule has 0 aromatic heterocycles. The van der Waals surface area contributed by atoms with E-state index in [1.165, 1.54) is 0 Å². The molecule has 0 fully saturated rings. The Hall–Kier alpha value is -2.57. The van der Waals surface area contributed by atoms with E-state index in [0.29, 0.717) is 6.04 Å². The third-order valence-electron chi connectivity index (χ3n) is 3.64. The second-order valence-corrected chi connectivity index (χ2v) is 6.13. The molecule has 0 aliphatic carbocycles. The quantitative estimate of drug-likeness (QED) is 0.602. The number of benzene rings is 2. The van der Waals surface area contributed by atoms with Crippen LogP contribution in [0, 0.1) is 17.2 Å². The smallest absolute Gasteiger partial charge is 0.0669 e. The Labute approximate surface area is 166 Å². The molecule has 0 amide bonds. The number of rotatable bonds is 7. The van der Waals surface area contributed by atoms with Gasteiger partial charge in [0.05, 0.1) is 12.0 Å². The van der Waals surface area contributed by atoms with Gasteiger partial charge in [-0.3, -0.25) is 0 Å². The Balaban J connectivity index is 0.000000495. The molecule has 0 saturated carbocycles. The van der Waals surface area contributed by atoms with E-state index in [9.17, 15) is 0 Å². The van der Waals surface area contributed by atoms with Crippen LogP contribution < -0.4 is 10.6 Å². The standard InChI is InChI=1S/C14H13N.C8H16N2.C2H6/c1-12(13-8-4-2-5-9-13)15-14-10-6-3-7-11-14;1-4-8(5-9)6-10-7(2)3;1-2/h2-11,15H,1H2;7-8,10H,4,6H2,1-3H3;1-2H3. The van der Waals surface area contributed by atoms with Crippen molar-refractivity contribution in [3.63, 3.8) is 0 Å². The van der Waals surface area contributed by atoms with Crippen molar-refractivity contribution in [3.05, 3.63) is 72.8 Å². The first-order valence-electron chi connectivity index (χ1n) is 9.76. The van der Waals surface area contributed by atoms with E-state index in [1.54, 1.807) is 0 Å². The van der Waals surface area contributed by atoms with Crippen molar-refractivity contribution < 1.29 is 0 Å². The summed E-state index contributed by atoms with van der Waals surface area (Å²) >= 11 is 0. The van der Waals surface area contributed by atoms with Gasteiger partial charge >= 0.3 is 0 Å². The second kappa shape index (κ2) is 15.7. The minimum absolute atomic E-state index is 0.183. The van der Waals surface area contributed by atoms with Crippen molar-refractivity contribution in [2.75, 3.05) is 11.9 Å². The maximum Gasteiger partial charge on any atom is 0.0669 e. The molecule has 0 radical (unpaired) electrons. The van der Waals surface area contributed by atoms with Crippen molar-refractivity contribution >= 4 is 11.4 Å². The van der Waals surface area contributed by atoms with Crippen molar-refractivity contribution in [2.45, 2.75) is 47.1 Å². The molecular formula is C24H35N3. The van der Waals surface area contributed by atoms with Gasteiger partial charge in [0.2, 0.25) is 0 Å². The Bertz CT molecular complexity index is 642. The molecule has 1 unspecified atom stereocenters. The van der Waals surface area contributed by atoms with E-state index in [0.717, 1.165) is 29.9 Å². The number of nitrogens with zero attached hydrogens (tertiary/aromatic N) is 1. The first-order valence-corrected chi connectivity index (χ1v) is 9.76. The van der Waals surface area contributed by atoms with Crippen LogP contribution >= 0.6 is 0 Å². The van der Waals surface area contributed by atoms with Crippen LogP contribution in [0.4, 0.5) is 5.69 Å². The van der Waals surface area contributed by atoms with Crippen LogP contribution in [-0.4, -0.2) is 12.6 Å². The molecule has 146 valence electrons. The Morgan fingerprint density at radius 2 is 1.52 bits per heavy atom. The van der Waals surface area contributed by atoms with Gasteiger partial charge in [-0.05, 0) is 24.1 Å². The summed E-state index contributed by atoms with van der Waals surface area (Å²) in [7, 11) is 0. The highest BCUT2D eigenvalue weighted by molar-refractivity contribution is 5.74. The molecule has 2 aromatic rings. The van der Waals surface area contributed by atoms with E-state index in [2.05, 4.69) is 37.1 Å². The average Bonchev–Trinajstić information content (AvgIpc) is 2.72. The molecule has 2 rings (SSSR count). The Morgan fingerprint density at radius 1 is 1.00 bits per heavy atom. The lowest BCUT2D eigenvalue weighted by Gasteiger charge is -2.10. The largest absolute Gasteiger partial charge is 0.356 e. The van der Waals surface area contributed by atoms with Crippen molar-refractivity contribution in [3.8, 4) is 6.07 Å². The van der Waals surface area contributed by atoms with E-state index < -0.39 is 0 Å². The fraction of sp³-hybridized carbons (Fsp3) is 0.375. The van der Waals surface area contributed by atoms with Gasteiger partial charge in [0.25, 0.3) is 0 Å². The molecule has 1 atom stereocenters. The minimum atomic E-state index is 0.183. The van der Waals surface area contributed by atoms with Crippen LogP contribution in [-0.2, 0) is 0 Å². The monoisotopic (exact) mass is 365 g/mol. The zero-order valence-corrected chi connectivity index (χ0v) is 17.5. The van der Waals surface area contributed by atoms with Crippen LogP contribution in [0.5, 0.6) is 0 Å². The molecule has 27 heavy (non-hydrogen) atoms. The van der Waals surface area contributed by atoms with Crippen molar-refractivity contribution in [2.24, 2.45) is 5.92 Å². The maximum absolute atomic E-state index is 8.55. The van der Waals surface area contributed by atoms with Crippen molar-refractivity contribution in [1.29, 1.82) is 5.26 Å². The average molecular weight is 366 g/mol. The van der Waals surface area contributed by atoms with E-state index in [1.807, 2.05) is 81.4 Å². The number of para-hydroxylation sites is 1. The maximum atomic E-state index is 8.55. The zero-order valence-electron chi connectivity index (χ0n) is 17.5. The van der Waals surface area contributed by atoms with Gasteiger partial charge in [0.15, 0.2) is 0 Å². The molecule has 2 N–H and O–H groups in total. The van der Waals surface area contributed by atoms with E-state index in [4.69, 9.17) is 5.26 Å². The molecule has 0 aliphatic heterocycles. The van der Waals surface area contributed by atoms with Crippen LogP contribution in [0.2, 0.25) is 0 Å². The van der Waals surface area contributed by atoms with Gasteiger partial charge in [0, 0.05) is 24.0 Å². The highest BCUT2D eigenvalue weighted by atomic mass is 14.9. The fourth-order valence-electron chi connectivity index (χ4n) is 2.07. The Morgan fingerprint density at radius 3 is 1.96 bits per heavy atom. The highest BCUT2D eigenvalue weighted by Gasteiger charge is 2.03. The Kier molecular flexibility index (Phi) is 14.2. The van der Waals surface area contributed by atoms with Gasteiger partial charge in [0.1, 0.15) is 0 Å². The second-order valence-electron chi connectivity index (χ2n) is 6.13. The molecule has 0 saturated heterocycles. The number of nitriles is 1. The summed E-state index contributed by atoms with van der Waals surface area (Å²) < 4.78 is 0. The number of hydrogen-bond acceptors (Lipinski definition) is 3. The molecule has 3 heteroatoms. The topological polar surface area (TPSA) is 47.9 Å². The lowest BCUT2D eigenvalue weighted by molar-refractivity contribution is 0.508. The third kappa shape index (κ3) is 11.6. The fourth-order valence-corrected chi connectivity index (χ4v) is 2.07. The normalized spacial score (nSPS) is 10.4. The number of hydrogen-bond donors (Lipinski definition) is 2. The molecule has 0 heterocycles. The van der Waals surface area contributed by atoms with E-state index in [-0.39, 0.29) is 5.92 Å². The minimum Gasteiger partial charge on any atom is -0.356 e. The van der Waals surface area contributed by atoms with Crippen LogP contribution in [0.1, 0.15) is 46.6 Å². The van der Waals surface area contributed by atoms with E-state index >= 15 is 0 Å². The molecule has 0 bridgehead atoms. The molecule has 3 nitrogen and oxygen atoms in total. The highest BCUT2D eigenvalue weighted by Crippen LogP contribution is 2.15. The van der Waals surface area contributed by atoms with Crippen LogP contribution in [0.25, 0.3) is 5.70 Å². The third-order valence-corrected chi connectivity index (χ3v) is 3.64. The van der Waals surface area contributed by atoms with Gasteiger partial charge in [-0.2, -0.15) is 5.26 Å². The molecule has 0 aliphatic rings. The molecular weight excluding hydrogens is 330 g/mol. The zero-order chi connectivity index (χ0) is 20.5. The summed E-state index contributed by atoms with van der Waals surface area (Å²) in [5.74, 6) is 0.183.